The summed E-state index contributed by atoms with van der Waals surface area (Å²) in [5, 5.41) is 3.33. The number of para-hydroxylation sites is 1. The monoisotopic (exact) mass is 313 g/mol. The van der Waals surface area contributed by atoms with Crippen molar-refractivity contribution in [1.29, 1.82) is 0 Å². The van der Waals surface area contributed by atoms with Crippen LogP contribution >= 0.6 is 12.2 Å². The Kier molecular flexibility index (Phi) is 5.49. The van der Waals surface area contributed by atoms with Gasteiger partial charge in [-0.25, -0.2) is 0 Å². The van der Waals surface area contributed by atoms with Gasteiger partial charge in [0.2, 0.25) is 5.91 Å². The molecule has 0 aromatic heterocycles. The van der Waals surface area contributed by atoms with Gasteiger partial charge < -0.3 is 5.32 Å². The van der Waals surface area contributed by atoms with E-state index in [0.717, 1.165) is 11.3 Å². The molecule has 0 fully saturated rings. The normalized spacial score (nSPS) is 9.91. The molecule has 0 aliphatic heterocycles. The van der Waals surface area contributed by atoms with Crippen molar-refractivity contribution >= 4 is 28.9 Å². The first-order chi connectivity index (χ1) is 10.5. The number of benzene rings is 2. The molecule has 3 N–H and O–H groups in total. The van der Waals surface area contributed by atoms with Crippen LogP contribution in [0.1, 0.15) is 16.7 Å². The van der Waals surface area contributed by atoms with E-state index in [1.165, 1.54) is 11.1 Å². The predicted octanol–water partition coefficient (Wildman–Crippen LogP) is 2.86. The molecule has 0 heterocycles. The Labute approximate surface area is 135 Å². The molecule has 0 radical (unpaired) electrons. The lowest BCUT2D eigenvalue weighted by Crippen LogP contribution is -2.44. The third kappa shape index (κ3) is 4.86. The van der Waals surface area contributed by atoms with Gasteiger partial charge in [-0.15, -0.1) is 0 Å². The molecule has 0 unspecified atom stereocenters. The highest BCUT2D eigenvalue weighted by Gasteiger charge is 2.05. The Hall–Kier alpha value is -2.40. The molecule has 1 amide bonds. The smallest absolute Gasteiger partial charge is 0.242 e. The van der Waals surface area contributed by atoms with E-state index in [4.69, 9.17) is 12.2 Å². The number of hydrogen-bond donors (Lipinski definition) is 3. The summed E-state index contributed by atoms with van der Waals surface area (Å²) in [6.45, 7) is 4.09. The van der Waals surface area contributed by atoms with E-state index in [1.54, 1.807) is 0 Å². The van der Waals surface area contributed by atoms with Crippen molar-refractivity contribution in [3.8, 4) is 0 Å². The maximum Gasteiger partial charge on any atom is 0.242 e. The molecule has 2 aromatic carbocycles. The fraction of sp³-hybridized carbons (Fsp3) is 0.176. The van der Waals surface area contributed by atoms with Crippen molar-refractivity contribution in [3.63, 3.8) is 0 Å². The Bertz CT molecular complexity index is 671. The first-order valence-electron chi connectivity index (χ1n) is 7.01. The highest BCUT2D eigenvalue weighted by Crippen LogP contribution is 2.10. The quantitative estimate of drug-likeness (QED) is 0.602. The van der Waals surface area contributed by atoms with Crippen LogP contribution in [0.3, 0.4) is 0 Å². The van der Waals surface area contributed by atoms with Gasteiger partial charge in [0.25, 0.3) is 0 Å². The van der Waals surface area contributed by atoms with E-state index in [0.29, 0.717) is 11.5 Å². The number of carbonyl (C=O) groups excluding carboxylic acids is 1. The zero-order valence-corrected chi connectivity index (χ0v) is 13.5. The average Bonchev–Trinajstić information content (AvgIpc) is 2.50. The molecule has 0 atom stereocenters. The standard InChI is InChI=1S/C17H19N3OS/c1-12-8-9-14(10-13(12)2)11-16(21)19-20-17(22)18-15-6-4-3-5-7-15/h3-10H,11H2,1-2H3,(H,19,21)(H2,18,20,22). The Morgan fingerprint density at radius 2 is 1.73 bits per heavy atom. The molecule has 2 aromatic rings. The Morgan fingerprint density at radius 1 is 1.00 bits per heavy atom. The van der Waals surface area contributed by atoms with Crippen LogP contribution in [0.4, 0.5) is 5.69 Å². The summed E-state index contributed by atoms with van der Waals surface area (Å²) in [5.74, 6) is -0.138. The van der Waals surface area contributed by atoms with Gasteiger partial charge in [0.05, 0.1) is 6.42 Å². The number of hydrogen-bond acceptors (Lipinski definition) is 2. The van der Waals surface area contributed by atoms with Crippen molar-refractivity contribution < 1.29 is 4.79 Å². The predicted molar refractivity (Wildman–Crippen MR) is 93.6 cm³/mol. The van der Waals surface area contributed by atoms with Gasteiger partial charge in [0, 0.05) is 5.69 Å². The molecule has 0 aliphatic rings. The zero-order chi connectivity index (χ0) is 15.9. The third-order valence-corrected chi connectivity index (χ3v) is 3.49. The highest BCUT2D eigenvalue weighted by molar-refractivity contribution is 7.80. The number of anilines is 1. The molecule has 0 spiro atoms. The minimum atomic E-state index is -0.138. The summed E-state index contributed by atoms with van der Waals surface area (Å²) in [5.41, 5.74) is 9.53. The zero-order valence-electron chi connectivity index (χ0n) is 12.6. The van der Waals surface area contributed by atoms with Crippen LogP contribution in [0.2, 0.25) is 0 Å². The lowest BCUT2D eigenvalue weighted by molar-refractivity contribution is -0.120. The number of aryl methyl sites for hydroxylation is 2. The van der Waals surface area contributed by atoms with E-state index in [1.807, 2.05) is 55.5 Å². The van der Waals surface area contributed by atoms with E-state index < -0.39 is 0 Å². The Morgan fingerprint density at radius 3 is 2.41 bits per heavy atom. The average molecular weight is 313 g/mol. The number of nitrogens with one attached hydrogen (secondary N) is 3. The lowest BCUT2D eigenvalue weighted by Gasteiger charge is -2.12. The fourth-order valence-corrected chi connectivity index (χ4v) is 2.12. The second kappa shape index (κ2) is 7.56. The van der Waals surface area contributed by atoms with Crippen LogP contribution in [0.25, 0.3) is 0 Å². The molecular formula is C17H19N3OS. The topological polar surface area (TPSA) is 53.2 Å². The molecule has 0 bridgehead atoms. The van der Waals surface area contributed by atoms with Gasteiger partial charge in [0.15, 0.2) is 5.11 Å². The molecular weight excluding hydrogens is 294 g/mol. The van der Waals surface area contributed by atoms with E-state index in [-0.39, 0.29) is 5.91 Å². The molecule has 0 saturated heterocycles. The molecule has 114 valence electrons. The third-order valence-electron chi connectivity index (χ3n) is 3.28. The number of thiocarbonyl (C=S) groups is 1. The first kappa shape index (κ1) is 16.0. The number of hydrazine groups is 1. The summed E-state index contributed by atoms with van der Waals surface area (Å²) in [4.78, 5) is 11.9. The molecule has 22 heavy (non-hydrogen) atoms. The summed E-state index contributed by atoms with van der Waals surface area (Å²) in [6, 6.07) is 15.5. The molecule has 4 nitrogen and oxygen atoms in total. The molecule has 5 heteroatoms. The lowest BCUT2D eigenvalue weighted by atomic mass is 10.0. The van der Waals surface area contributed by atoms with Gasteiger partial charge in [-0.3, -0.25) is 15.6 Å². The fourth-order valence-electron chi connectivity index (χ4n) is 1.95. The van der Waals surface area contributed by atoms with Crippen molar-refractivity contribution in [2.45, 2.75) is 20.3 Å². The van der Waals surface area contributed by atoms with Crippen LogP contribution in [0, 0.1) is 13.8 Å². The Balaban J connectivity index is 1.80. The van der Waals surface area contributed by atoms with Gasteiger partial charge >= 0.3 is 0 Å². The van der Waals surface area contributed by atoms with E-state index in [2.05, 4.69) is 23.1 Å². The van der Waals surface area contributed by atoms with Gasteiger partial charge in [-0.2, -0.15) is 0 Å². The van der Waals surface area contributed by atoms with Crippen molar-refractivity contribution in [2.24, 2.45) is 0 Å². The van der Waals surface area contributed by atoms with Crippen molar-refractivity contribution in [2.75, 3.05) is 5.32 Å². The molecule has 0 saturated carbocycles. The first-order valence-corrected chi connectivity index (χ1v) is 7.42. The molecule has 0 aliphatic carbocycles. The van der Waals surface area contributed by atoms with Gasteiger partial charge in [-0.05, 0) is 54.9 Å². The van der Waals surface area contributed by atoms with Crippen molar-refractivity contribution in [1.82, 2.24) is 10.9 Å². The van der Waals surface area contributed by atoms with E-state index in [9.17, 15) is 4.79 Å². The SMILES string of the molecule is Cc1ccc(CC(=O)NNC(=S)Nc2ccccc2)cc1C. The number of rotatable bonds is 3. The van der Waals surface area contributed by atoms with E-state index >= 15 is 0 Å². The largest absolute Gasteiger partial charge is 0.331 e. The second-order valence-electron chi connectivity index (χ2n) is 5.09. The van der Waals surface area contributed by atoms with Crippen LogP contribution in [0.5, 0.6) is 0 Å². The number of amides is 1. The second-order valence-corrected chi connectivity index (χ2v) is 5.50. The minimum Gasteiger partial charge on any atom is -0.331 e. The van der Waals surface area contributed by atoms with Gasteiger partial charge in [0.1, 0.15) is 0 Å². The molecule has 2 rings (SSSR count). The van der Waals surface area contributed by atoms with Crippen LogP contribution < -0.4 is 16.2 Å². The summed E-state index contributed by atoms with van der Waals surface area (Å²) in [6.07, 6.45) is 0.308. The summed E-state index contributed by atoms with van der Waals surface area (Å²) in [7, 11) is 0. The summed E-state index contributed by atoms with van der Waals surface area (Å²) >= 11 is 5.12. The van der Waals surface area contributed by atoms with Crippen LogP contribution in [-0.2, 0) is 11.2 Å². The van der Waals surface area contributed by atoms with Crippen molar-refractivity contribution in [3.05, 3.63) is 65.2 Å². The number of carbonyl (C=O) groups is 1. The summed E-state index contributed by atoms with van der Waals surface area (Å²) < 4.78 is 0. The maximum absolute atomic E-state index is 11.9. The minimum absolute atomic E-state index is 0.138. The van der Waals surface area contributed by atoms with Gasteiger partial charge in [-0.1, -0.05) is 36.4 Å². The maximum atomic E-state index is 11.9. The van der Waals surface area contributed by atoms with Crippen LogP contribution in [-0.4, -0.2) is 11.0 Å². The highest BCUT2D eigenvalue weighted by atomic mass is 32.1. The van der Waals surface area contributed by atoms with Crippen LogP contribution in [0.15, 0.2) is 48.5 Å².